The zero-order valence-corrected chi connectivity index (χ0v) is 28.3. The summed E-state index contributed by atoms with van der Waals surface area (Å²) in [6.45, 7) is 25.6. The first-order valence-corrected chi connectivity index (χ1v) is 20.5. The highest BCUT2D eigenvalue weighted by Gasteiger charge is 2.68. The van der Waals surface area contributed by atoms with Gasteiger partial charge in [-0.25, -0.2) is 8.98 Å². The lowest BCUT2D eigenvalue weighted by Gasteiger charge is -2.43. The fourth-order valence-electron chi connectivity index (χ4n) is 4.26. The third kappa shape index (κ3) is 5.39. The zero-order chi connectivity index (χ0) is 30.9. The average molecular weight is 616 g/mol. The van der Waals surface area contributed by atoms with Crippen molar-refractivity contribution >= 4 is 26.8 Å². The molecule has 1 fully saturated rings. The van der Waals surface area contributed by atoms with Crippen molar-refractivity contribution in [1.29, 1.82) is 0 Å². The molecule has 3 heterocycles. The summed E-state index contributed by atoms with van der Waals surface area (Å²) >= 11 is 0. The summed E-state index contributed by atoms with van der Waals surface area (Å²) < 4.78 is 53.6. The minimum absolute atomic E-state index is 0.0674. The molecule has 2 aliphatic rings. The van der Waals surface area contributed by atoms with Gasteiger partial charge in [0.25, 0.3) is 15.7 Å². The Hall–Kier alpha value is -1.82. The van der Waals surface area contributed by atoms with E-state index in [4.69, 9.17) is 23.5 Å². The van der Waals surface area contributed by atoms with Crippen molar-refractivity contribution in [3.63, 3.8) is 0 Å². The molecule has 11 nitrogen and oxygen atoms in total. The van der Waals surface area contributed by atoms with E-state index in [1.54, 1.807) is 6.92 Å². The monoisotopic (exact) mass is 615 g/mol. The number of ether oxygens (including phenoxy) is 1. The molecular formula is C26H45N3O8SSi2. The van der Waals surface area contributed by atoms with Gasteiger partial charge in [0.15, 0.2) is 28.5 Å². The molecule has 0 bridgehead atoms. The van der Waals surface area contributed by atoms with Gasteiger partial charge in [0.1, 0.15) is 17.1 Å². The van der Waals surface area contributed by atoms with Crippen LogP contribution in [0.2, 0.25) is 36.3 Å². The molecule has 1 saturated heterocycles. The molecule has 40 heavy (non-hydrogen) atoms. The van der Waals surface area contributed by atoms with Gasteiger partial charge in [0.05, 0.1) is 12.3 Å². The molecule has 1 aromatic heterocycles. The van der Waals surface area contributed by atoms with Gasteiger partial charge in [-0.15, -0.1) is 0 Å². The van der Waals surface area contributed by atoms with Crippen molar-refractivity contribution in [2.75, 3.05) is 6.61 Å². The van der Waals surface area contributed by atoms with Crippen molar-refractivity contribution in [2.45, 2.75) is 109 Å². The van der Waals surface area contributed by atoms with Crippen LogP contribution in [0, 0.1) is 6.92 Å². The third-order valence-electron chi connectivity index (χ3n) is 8.90. The van der Waals surface area contributed by atoms with Crippen molar-refractivity contribution in [3.05, 3.63) is 55.9 Å². The molecule has 14 heteroatoms. The van der Waals surface area contributed by atoms with Crippen LogP contribution in [-0.2, 0) is 27.9 Å². The smallest absolute Gasteiger partial charge is 0.330 e. The zero-order valence-electron chi connectivity index (χ0n) is 25.5. The fourth-order valence-corrected chi connectivity index (χ4v) is 7.92. The molecule has 2 aliphatic heterocycles. The number of nitrogens with zero attached hydrogens (tertiary/aromatic N) is 1. The lowest BCUT2D eigenvalue weighted by molar-refractivity contribution is -0.0563. The number of nitrogens with two attached hydrogens (primary N) is 1. The standard InChI is InChI=1S/C26H45N3O8SSi2/c1-13-17-19(27)26(37-38(17,32)33)18(15-34-39(9,10)24(3,4)5)35-22(20(26)36-40(11,12)25(6,7)8)29-14-16(2)21(30)28-23(29)31/h13-14,18,20,22H,1,15,27H2,2-12H3,(H,28,30,31)/t18-,20+,22-,26?/m1/s1. The molecule has 1 unspecified atom stereocenters. The van der Waals surface area contributed by atoms with Crippen LogP contribution in [0.5, 0.6) is 0 Å². The van der Waals surface area contributed by atoms with Crippen LogP contribution in [0.4, 0.5) is 0 Å². The Morgan fingerprint density at radius 1 is 1.12 bits per heavy atom. The number of nitrogens with one attached hydrogen (secondary N) is 1. The number of aryl methyl sites for hydroxylation is 1. The lowest BCUT2D eigenvalue weighted by Crippen LogP contribution is -2.59. The van der Waals surface area contributed by atoms with Crippen LogP contribution in [0.3, 0.4) is 0 Å². The number of aromatic nitrogens is 2. The van der Waals surface area contributed by atoms with Crippen LogP contribution >= 0.6 is 0 Å². The molecule has 1 spiro atoms. The molecule has 0 amide bonds. The van der Waals surface area contributed by atoms with Gasteiger partial charge in [-0.2, -0.15) is 8.42 Å². The van der Waals surface area contributed by atoms with Crippen molar-refractivity contribution in [2.24, 2.45) is 5.73 Å². The highest BCUT2D eigenvalue weighted by molar-refractivity contribution is 7.91. The highest BCUT2D eigenvalue weighted by Crippen LogP contribution is 2.53. The van der Waals surface area contributed by atoms with Crippen molar-refractivity contribution in [1.82, 2.24) is 9.55 Å². The van der Waals surface area contributed by atoms with Crippen LogP contribution in [0.25, 0.3) is 0 Å². The molecule has 3 N–H and O–H groups in total. The Morgan fingerprint density at radius 2 is 1.68 bits per heavy atom. The largest absolute Gasteiger partial charge is 0.414 e. The third-order valence-corrected chi connectivity index (χ3v) is 19.3. The van der Waals surface area contributed by atoms with E-state index in [-0.39, 0.29) is 32.8 Å². The summed E-state index contributed by atoms with van der Waals surface area (Å²) in [5.41, 5.74) is 3.66. The maximum atomic E-state index is 13.3. The predicted octanol–water partition coefficient (Wildman–Crippen LogP) is 3.61. The maximum Gasteiger partial charge on any atom is 0.330 e. The minimum atomic E-state index is -4.35. The van der Waals surface area contributed by atoms with Crippen LogP contribution in [0.1, 0.15) is 53.3 Å². The topological polar surface area (TPSA) is 152 Å². The van der Waals surface area contributed by atoms with Gasteiger partial charge in [-0.3, -0.25) is 14.3 Å². The normalized spacial score (nSPS) is 27.5. The lowest BCUT2D eigenvalue weighted by atomic mass is 9.88. The van der Waals surface area contributed by atoms with E-state index in [0.717, 1.165) is 6.08 Å². The first kappa shape index (κ1) is 32.7. The van der Waals surface area contributed by atoms with E-state index in [1.165, 1.54) is 10.8 Å². The number of allylic oxidation sites excluding steroid dienone is 1. The second-order valence-corrected chi connectivity index (χ2v) is 24.8. The second kappa shape index (κ2) is 10.2. The minimum Gasteiger partial charge on any atom is -0.414 e. The van der Waals surface area contributed by atoms with Gasteiger partial charge < -0.3 is 19.3 Å². The summed E-state index contributed by atoms with van der Waals surface area (Å²) in [7, 11) is -9.39. The summed E-state index contributed by atoms with van der Waals surface area (Å²) in [6, 6.07) is 0. The van der Waals surface area contributed by atoms with E-state index in [2.05, 4.69) is 45.4 Å². The Labute approximate surface area is 239 Å². The van der Waals surface area contributed by atoms with E-state index >= 15 is 0 Å². The molecule has 0 radical (unpaired) electrons. The molecular weight excluding hydrogens is 571 g/mol. The van der Waals surface area contributed by atoms with Crippen molar-refractivity contribution < 1.29 is 26.2 Å². The van der Waals surface area contributed by atoms with Gasteiger partial charge in [-0.05, 0) is 49.3 Å². The Morgan fingerprint density at radius 3 is 2.15 bits per heavy atom. The molecule has 0 aliphatic carbocycles. The van der Waals surface area contributed by atoms with E-state index in [9.17, 15) is 18.0 Å². The van der Waals surface area contributed by atoms with Crippen LogP contribution in [0.15, 0.2) is 39.0 Å². The number of hydrogen-bond donors (Lipinski definition) is 2. The summed E-state index contributed by atoms with van der Waals surface area (Å²) in [5, 5.41) is -0.462. The molecule has 4 atom stereocenters. The number of rotatable bonds is 7. The van der Waals surface area contributed by atoms with Gasteiger partial charge in [0, 0.05) is 11.8 Å². The Bertz CT molecular complexity index is 1430. The van der Waals surface area contributed by atoms with Crippen LogP contribution < -0.4 is 17.0 Å². The summed E-state index contributed by atoms with van der Waals surface area (Å²) in [6.07, 6.45) is -0.943. The van der Waals surface area contributed by atoms with Crippen molar-refractivity contribution in [3.8, 4) is 0 Å². The maximum absolute atomic E-state index is 13.3. The van der Waals surface area contributed by atoms with Crippen LogP contribution in [-0.4, -0.2) is 59.0 Å². The first-order valence-electron chi connectivity index (χ1n) is 13.3. The molecule has 0 aromatic carbocycles. The number of hydrogen-bond acceptors (Lipinski definition) is 9. The predicted molar refractivity (Wildman–Crippen MR) is 159 cm³/mol. The molecule has 1 aromatic rings. The van der Waals surface area contributed by atoms with E-state index in [1.807, 2.05) is 33.9 Å². The van der Waals surface area contributed by atoms with Gasteiger partial charge >= 0.3 is 5.69 Å². The Balaban J connectivity index is 2.32. The van der Waals surface area contributed by atoms with E-state index in [0.29, 0.717) is 0 Å². The highest BCUT2D eigenvalue weighted by atomic mass is 32.2. The molecule has 0 saturated carbocycles. The second-order valence-electron chi connectivity index (χ2n) is 13.7. The fraction of sp³-hybridized carbons (Fsp3) is 0.692. The molecule has 226 valence electrons. The average Bonchev–Trinajstić information content (AvgIpc) is 3.17. The first-order chi connectivity index (χ1) is 17.9. The van der Waals surface area contributed by atoms with E-state index < -0.39 is 62.0 Å². The quantitative estimate of drug-likeness (QED) is 0.346. The van der Waals surface area contributed by atoms with Gasteiger partial charge in [-0.1, -0.05) is 48.1 Å². The van der Waals surface area contributed by atoms with Gasteiger partial charge in [0.2, 0.25) is 0 Å². The Kier molecular flexibility index (Phi) is 8.31. The SMILES string of the molecule is C=CC1=C(N)C2(OS1(=O)=O)[C@@H](CO[Si](C)(C)C(C)(C)C)O[C@@H](n1cc(C)c(=O)[nH]c1=O)[C@@H]2O[Si](C)(C)C(C)(C)C. The summed E-state index contributed by atoms with van der Waals surface area (Å²) in [4.78, 5) is 27.3. The number of H-pyrrole nitrogens is 1. The summed E-state index contributed by atoms with van der Waals surface area (Å²) in [5.74, 6) is 0. The number of aromatic amines is 1. The molecule has 3 rings (SSSR count).